The third-order valence-electron chi connectivity index (χ3n) is 4.36. The van der Waals surface area contributed by atoms with Crippen LogP contribution in [0.15, 0.2) is 46.2 Å². The highest BCUT2D eigenvalue weighted by atomic mass is 31.3. The fraction of sp³-hybridized carbons (Fsp3) is 0.400. The number of aromatic nitrogens is 3. The molecule has 0 aromatic carbocycles. The van der Waals surface area contributed by atoms with Crippen LogP contribution in [0.2, 0.25) is 0 Å². The highest BCUT2D eigenvalue weighted by Crippen LogP contribution is 2.55. The third-order valence-corrected chi connectivity index (χ3v) is 6.49. The van der Waals surface area contributed by atoms with Gasteiger partial charge in [0.1, 0.15) is 18.3 Å². The fourth-order valence-electron chi connectivity index (χ4n) is 2.94. The van der Waals surface area contributed by atoms with Gasteiger partial charge < -0.3 is 29.6 Å². The molecule has 0 aliphatic carbocycles. The standard InChI is InChI=1S/C15H19N3O12P2/c19-11-4-6-17(15(22)18(11)7-9-3-1-2-5-16-9)14-13(21)12(20)10(29-14)8-28-32(26,27)30-31(23,24)25/h1-6,10,12-14,20-21H,7-8H2,(H,26,27)(H2,23,24,25)/p-1/t10-,12?,13+,14-/m1/s1. The first-order valence-corrected chi connectivity index (χ1v) is 11.8. The third kappa shape index (κ3) is 5.85. The van der Waals surface area contributed by atoms with Crippen molar-refractivity contribution in [2.24, 2.45) is 0 Å². The summed E-state index contributed by atoms with van der Waals surface area (Å²) >= 11 is 0. The van der Waals surface area contributed by atoms with E-state index >= 15 is 0 Å². The number of rotatable bonds is 8. The second kappa shape index (κ2) is 9.45. The van der Waals surface area contributed by atoms with Crippen LogP contribution >= 0.6 is 15.6 Å². The molecule has 2 aromatic heterocycles. The molecule has 6 atom stereocenters. The molecule has 1 fully saturated rings. The van der Waals surface area contributed by atoms with E-state index in [0.29, 0.717) is 5.69 Å². The molecule has 176 valence electrons. The van der Waals surface area contributed by atoms with Gasteiger partial charge >= 0.3 is 13.5 Å². The number of phosphoric ester groups is 1. The summed E-state index contributed by atoms with van der Waals surface area (Å²) in [5.74, 6) is 0. The SMILES string of the molecule is O=c1ccn([C@@H]2O[C@H](COP(=O)(O)OP(=O)([O-])O)C(O)[C@@H]2O)c(=O)n1Cc1ccccn1. The van der Waals surface area contributed by atoms with Crippen LogP contribution in [0.25, 0.3) is 0 Å². The van der Waals surface area contributed by atoms with Gasteiger partial charge in [0.15, 0.2) is 6.23 Å². The first kappa shape index (κ1) is 24.6. The molecule has 2 aromatic rings. The first-order valence-electron chi connectivity index (χ1n) is 8.84. The lowest BCUT2D eigenvalue weighted by Gasteiger charge is -2.21. The van der Waals surface area contributed by atoms with E-state index in [1.54, 1.807) is 18.2 Å². The molecule has 3 rings (SSSR count). The Bertz CT molecular complexity index is 1160. The maximum absolute atomic E-state index is 12.8. The maximum Gasteiger partial charge on any atom is 0.478 e. The van der Waals surface area contributed by atoms with Crippen LogP contribution in [0, 0.1) is 0 Å². The number of pyridine rings is 1. The minimum Gasteiger partial charge on any atom is -0.756 e. The molecular weight excluding hydrogens is 476 g/mol. The Balaban J connectivity index is 1.79. The minimum atomic E-state index is -5.61. The lowest BCUT2D eigenvalue weighted by molar-refractivity contribution is -0.212. The van der Waals surface area contributed by atoms with E-state index in [2.05, 4.69) is 13.8 Å². The summed E-state index contributed by atoms with van der Waals surface area (Å²) in [5.41, 5.74) is -1.15. The van der Waals surface area contributed by atoms with Crippen molar-refractivity contribution >= 4 is 15.6 Å². The number of nitrogens with zero attached hydrogens (tertiary/aromatic N) is 3. The zero-order chi connectivity index (χ0) is 23.7. The van der Waals surface area contributed by atoms with Crippen LogP contribution in [0.1, 0.15) is 11.9 Å². The second-order valence-corrected chi connectivity index (χ2v) is 9.40. The Morgan fingerprint density at radius 3 is 2.50 bits per heavy atom. The molecule has 15 nitrogen and oxygen atoms in total. The molecule has 0 bridgehead atoms. The van der Waals surface area contributed by atoms with E-state index in [9.17, 15) is 38.7 Å². The van der Waals surface area contributed by atoms with Crippen molar-refractivity contribution in [2.45, 2.75) is 31.1 Å². The summed E-state index contributed by atoms with van der Waals surface area (Å²) in [5, 5.41) is 20.4. The van der Waals surface area contributed by atoms with Crippen molar-refractivity contribution in [3.8, 4) is 0 Å². The van der Waals surface area contributed by atoms with Gasteiger partial charge in [-0.3, -0.25) is 28.0 Å². The Kier molecular flexibility index (Phi) is 7.27. The molecule has 0 spiro atoms. The van der Waals surface area contributed by atoms with E-state index in [4.69, 9.17) is 9.63 Å². The van der Waals surface area contributed by atoms with Gasteiger partial charge in [0.05, 0.1) is 18.8 Å². The number of hydrogen-bond donors (Lipinski definition) is 4. The highest BCUT2D eigenvalue weighted by molar-refractivity contribution is 7.60. The van der Waals surface area contributed by atoms with Crippen molar-refractivity contribution in [2.75, 3.05) is 6.61 Å². The number of phosphoric acid groups is 2. The molecule has 1 aliphatic rings. The van der Waals surface area contributed by atoms with Gasteiger partial charge in [0.2, 0.25) is 0 Å². The number of aliphatic hydroxyl groups excluding tert-OH is 2. The summed E-state index contributed by atoms with van der Waals surface area (Å²) in [6, 6.07) is 5.92. The van der Waals surface area contributed by atoms with Gasteiger partial charge in [-0.1, -0.05) is 6.07 Å². The van der Waals surface area contributed by atoms with Crippen LogP contribution < -0.4 is 16.1 Å². The molecular formula is C15H18N3O12P2-. The average molecular weight is 494 g/mol. The smallest absolute Gasteiger partial charge is 0.478 e. The van der Waals surface area contributed by atoms with E-state index < -0.39 is 58.0 Å². The fourth-order valence-corrected chi connectivity index (χ4v) is 4.51. The zero-order valence-corrected chi connectivity index (χ0v) is 17.8. The van der Waals surface area contributed by atoms with Crippen LogP contribution in [-0.4, -0.2) is 59.0 Å². The van der Waals surface area contributed by atoms with Gasteiger partial charge in [-0.25, -0.2) is 13.7 Å². The normalized spacial score (nSPS) is 27.0. The van der Waals surface area contributed by atoms with Crippen molar-refractivity contribution in [3.63, 3.8) is 0 Å². The van der Waals surface area contributed by atoms with Gasteiger partial charge in [-0.2, -0.15) is 0 Å². The Morgan fingerprint density at radius 2 is 1.88 bits per heavy atom. The van der Waals surface area contributed by atoms with Gasteiger partial charge in [0.25, 0.3) is 13.4 Å². The lowest BCUT2D eigenvalue weighted by Crippen LogP contribution is -2.43. The Morgan fingerprint density at radius 1 is 1.16 bits per heavy atom. The van der Waals surface area contributed by atoms with Crippen LogP contribution in [0.3, 0.4) is 0 Å². The molecule has 4 N–H and O–H groups in total. The molecule has 0 amide bonds. The summed E-state index contributed by atoms with van der Waals surface area (Å²) in [7, 11) is -10.9. The second-order valence-electron chi connectivity index (χ2n) is 6.61. The highest BCUT2D eigenvalue weighted by Gasteiger charge is 2.45. The predicted molar refractivity (Wildman–Crippen MR) is 101 cm³/mol. The van der Waals surface area contributed by atoms with E-state index in [1.165, 1.54) is 6.20 Å². The van der Waals surface area contributed by atoms with Crippen molar-refractivity contribution < 1.29 is 47.6 Å². The quantitative estimate of drug-likeness (QED) is 0.283. The maximum atomic E-state index is 12.8. The number of hydrogen-bond acceptors (Lipinski definition) is 11. The van der Waals surface area contributed by atoms with Gasteiger partial charge in [-0.15, -0.1) is 0 Å². The number of aliphatic hydroxyl groups is 2. The Labute approximate surface area is 178 Å². The molecule has 0 radical (unpaired) electrons. The Hall–Kier alpha value is -2.03. The molecule has 3 heterocycles. The molecule has 3 unspecified atom stereocenters. The number of ether oxygens (including phenoxy) is 1. The predicted octanol–water partition coefficient (Wildman–Crippen LogP) is -2.33. The zero-order valence-electron chi connectivity index (χ0n) is 16.0. The van der Waals surface area contributed by atoms with Crippen molar-refractivity contribution in [1.82, 2.24) is 14.1 Å². The topological polar surface area (TPSA) is 223 Å². The van der Waals surface area contributed by atoms with E-state index in [1.807, 2.05) is 0 Å². The lowest BCUT2D eigenvalue weighted by atomic mass is 10.1. The minimum absolute atomic E-state index is 0.182. The molecule has 32 heavy (non-hydrogen) atoms. The molecule has 0 saturated carbocycles. The van der Waals surface area contributed by atoms with Gasteiger partial charge in [-0.05, 0) is 12.1 Å². The van der Waals surface area contributed by atoms with Crippen LogP contribution in [0.5, 0.6) is 0 Å². The van der Waals surface area contributed by atoms with Gasteiger partial charge in [0, 0.05) is 18.5 Å². The average Bonchev–Trinajstić information content (AvgIpc) is 2.97. The van der Waals surface area contributed by atoms with Crippen molar-refractivity contribution in [1.29, 1.82) is 0 Å². The summed E-state index contributed by atoms with van der Waals surface area (Å²) < 4.78 is 36.9. The molecule has 17 heteroatoms. The monoisotopic (exact) mass is 494 g/mol. The first-order chi connectivity index (χ1) is 14.9. The largest absolute Gasteiger partial charge is 0.756 e. The van der Waals surface area contributed by atoms with Crippen molar-refractivity contribution in [3.05, 3.63) is 63.2 Å². The van der Waals surface area contributed by atoms with Crippen LogP contribution in [0.4, 0.5) is 0 Å². The molecule has 1 saturated heterocycles. The molecule has 1 aliphatic heterocycles. The summed E-state index contributed by atoms with van der Waals surface area (Å²) in [4.78, 5) is 57.3. The van der Waals surface area contributed by atoms with Crippen LogP contribution in [-0.2, 0) is 29.2 Å². The van der Waals surface area contributed by atoms with E-state index in [-0.39, 0.29) is 6.54 Å². The summed E-state index contributed by atoms with van der Waals surface area (Å²) in [6.45, 7) is -1.14. The van der Waals surface area contributed by atoms with E-state index in [0.717, 1.165) is 21.4 Å². The summed E-state index contributed by atoms with van der Waals surface area (Å²) in [6.07, 6.45) is -4.00.